The summed E-state index contributed by atoms with van der Waals surface area (Å²) in [6.07, 6.45) is 3.50. The first kappa shape index (κ1) is 12.1. The van der Waals surface area contributed by atoms with Crippen LogP contribution < -0.4 is 11.5 Å². The van der Waals surface area contributed by atoms with Gasteiger partial charge >= 0.3 is 0 Å². The summed E-state index contributed by atoms with van der Waals surface area (Å²) in [5, 5.41) is 6.06. The van der Waals surface area contributed by atoms with Crippen molar-refractivity contribution in [3.63, 3.8) is 0 Å². The normalized spacial score (nSPS) is 6.55. The average Bonchev–Trinajstić information content (AvgIpc) is 1.90. The maximum absolute atomic E-state index is 6.06. The molecule has 0 aliphatic carbocycles. The molecule has 0 bridgehead atoms. The smallest absolute Gasteiger partial charge is 0.183 e. The van der Waals surface area contributed by atoms with Crippen LogP contribution in [0.15, 0.2) is 30.6 Å². The minimum atomic E-state index is -0.333. The molecule has 0 aliphatic rings. The van der Waals surface area contributed by atoms with Crippen LogP contribution in [0.1, 0.15) is 0 Å². The molecule has 1 rings (SSSR count). The zero-order valence-electron chi connectivity index (χ0n) is 5.90. The first-order valence-corrected chi connectivity index (χ1v) is 2.68. The van der Waals surface area contributed by atoms with E-state index in [9.17, 15) is 0 Å². The van der Waals surface area contributed by atoms with E-state index >= 15 is 0 Å². The Morgan fingerprint density at radius 2 is 1.45 bits per heavy atom. The quantitative estimate of drug-likeness (QED) is 0.369. The molecule has 0 unspecified atom stereocenters. The number of nitrogens with zero attached hydrogens (tertiary/aromatic N) is 1. The monoisotopic (exact) mass is 158 g/mol. The Kier molecular flexibility index (Phi) is 9.16. The van der Waals surface area contributed by atoms with Gasteiger partial charge in [-0.3, -0.25) is 15.1 Å². The second-order valence-electron chi connectivity index (χ2n) is 1.48. The van der Waals surface area contributed by atoms with Gasteiger partial charge in [-0.15, -0.1) is 0 Å². The van der Waals surface area contributed by atoms with Gasteiger partial charge in [0.1, 0.15) is 0 Å². The topological polar surface area (TPSA) is 88.8 Å². The van der Waals surface area contributed by atoms with E-state index in [4.69, 9.17) is 5.41 Å². The van der Waals surface area contributed by atoms with Crippen molar-refractivity contribution in [1.82, 2.24) is 4.98 Å². The maximum atomic E-state index is 6.06. The number of nitrogens with one attached hydrogen (secondary N) is 1. The molecule has 11 heavy (non-hydrogen) atoms. The molecule has 1 aromatic rings. The zero-order valence-corrected chi connectivity index (χ0v) is 5.90. The van der Waals surface area contributed by atoms with Crippen molar-refractivity contribution in [2.75, 3.05) is 0 Å². The van der Waals surface area contributed by atoms with Crippen LogP contribution in [0.2, 0.25) is 0 Å². The predicted molar refractivity (Wildman–Crippen MR) is 42.8 cm³/mol. The largest absolute Gasteiger partial charge is 0.370 e. The molecule has 1 aromatic heterocycles. The number of rotatable bonds is 0. The molecule has 62 valence electrons. The number of hydrogen-bond donors (Lipinski definition) is 3. The van der Waals surface area contributed by atoms with E-state index in [1.165, 1.54) is 0 Å². The third-order valence-electron chi connectivity index (χ3n) is 0.566. The van der Waals surface area contributed by atoms with Gasteiger partial charge in [0.25, 0.3) is 0 Å². The lowest BCUT2D eigenvalue weighted by atomic mass is 10.5. The Labute approximate surface area is 64.1 Å². The molecule has 1 heterocycles. The highest BCUT2D eigenvalue weighted by atomic mass is 19.0. The summed E-state index contributed by atoms with van der Waals surface area (Å²) in [7, 11) is 0. The van der Waals surface area contributed by atoms with Crippen LogP contribution in [0.3, 0.4) is 0 Å². The van der Waals surface area contributed by atoms with Gasteiger partial charge in [-0.2, -0.15) is 0 Å². The van der Waals surface area contributed by atoms with Gasteiger partial charge in [-0.25, -0.2) is 0 Å². The van der Waals surface area contributed by atoms with Crippen molar-refractivity contribution >= 4 is 5.96 Å². The van der Waals surface area contributed by atoms with Gasteiger partial charge in [0.15, 0.2) is 5.96 Å². The Hall–Kier alpha value is -1.65. The molecule has 0 radical (unpaired) electrons. The molecule has 0 saturated carbocycles. The van der Waals surface area contributed by atoms with E-state index in [1.54, 1.807) is 12.4 Å². The zero-order chi connectivity index (χ0) is 7.82. The summed E-state index contributed by atoms with van der Waals surface area (Å²) in [6.45, 7) is 0. The Morgan fingerprint density at radius 1 is 1.09 bits per heavy atom. The van der Waals surface area contributed by atoms with Crippen molar-refractivity contribution in [1.29, 1.82) is 5.41 Å². The molecular weight excluding hydrogens is 147 g/mol. The van der Waals surface area contributed by atoms with Gasteiger partial charge in [-0.05, 0) is 12.1 Å². The van der Waals surface area contributed by atoms with E-state index in [1.807, 2.05) is 18.2 Å². The van der Waals surface area contributed by atoms with Gasteiger partial charge in [0.05, 0.1) is 0 Å². The van der Waals surface area contributed by atoms with Crippen LogP contribution in [0.5, 0.6) is 0 Å². The van der Waals surface area contributed by atoms with Crippen LogP contribution in [-0.2, 0) is 0 Å². The van der Waals surface area contributed by atoms with E-state index < -0.39 is 0 Å². The first-order chi connectivity index (χ1) is 4.73. The van der Waals surface area contributed by atoms with Crippen molar-refractivity contribution < 1.29 is 4.70 Å². The third-order valence-corrected chi connectivity index (χ3v) is 0.566. The summed E-state index contributed by atoms with van der Waals surface area (Å²) in [5.41, 5.74) is 8.94. The molecular formula is C6H11FN4. The molecule has 0 amide bonds. The number of guanidine groups is 1. The van der Waals surface area contributed by atoms with Crippen molar-refractivity contribution in [2.45, 2.75) is 0 Å². The lowest BCUT2D eigenvalue weighted by Gasteiger charge is -1.70. The fourth-order valence-electron chi connectivity index (χ4n) is 0.313. The minimum Gasteiger partial charge on any atom is -0.370 e. The van der Waals surface area contributed by atoms with Crippen LogP contribution in [0.4, 0.5) is 4.70 Å². The molecule has 5 heteroatoms. The Balaban J connectivity index is 0. The molecule has 4 nitrogen and oxygen atoms in total. The van der Waals surface area contributed by atoms with Gasteiger partial charge in [0, 0.05) is 12.4 Å². The lowest BCUT2D eigenvalue weighted by Crippen LogP contribution is -2.20. The predicted octanol–water partition coefficient (Wildman–Crippen LogP) is 0.0727. The lowest BCUT2D eigenvalue weighted by molar-refractivity contribution is 1.11. The number of halogens is 1. The second-order valence-corrected chi connectivity index (χ2v) is 1.48. The Bertz CT molecular complexity index is 146. The molecule has 0 saturated heterocycles. The van der Waals surface area contributed by atoms with Gasteiger partial charge < -0.3 is 11.5 Å². The highest BCUT2D eigenvalue weighted by Gasteiger charge is 1.58. The highest BCUT2D eigenvalue weighted by molar-refractivity contribution is 5.71. The van der Waals surface area contributed by atoms with Crippen LogP contribution >= 0.6 is 0 Å². The second kappa shape index (κ2) is 8.35. The number of hydrogen-bond acceptors (Lipinski definition) is 2. The molecule has 0 atom stereocenters. The van der Waals surface area contributed by atoms with Crippen LogP contribution in [-0.4, -0.2) is 10.9 Å². The van der Waals surface area contributed by atoms with Crippen molar-refractivity contribution in [3.8, 4) is 0 Å². The van der Waals surface area contributed by atoms with Crippen molar-refractivity contribution in [2.24, 2.45) is 11.5 Å². The highest BCUT2D eigenvalue weighted by Crippen LogP contribution is 1.73. The molecule has 0 aromatic carbocycles. The molecule has 0 spiro atoms. The standard InChI is InChI=1S/C5H5N.CH5N3.FH/c1-2-4-6-5-3-1;2-1(3)4;/h1-5H;(H5,2,3,4);1H. The van der Waals surface area contributed by atoms with E-state index in [0.29, 0.717) is 0 Å². The number of nitrogens with two attached hydrogens (primary N) is 2. The number of pyridine rings is 1. The molecule has 0 aliphatic heterocycles. The fourth-order valence-corrected chi connectivity index (χ4v) is 0.313. The van der Waals surface area contributed by atoms with Crippen LogP contribution in [0, 0.1) is 5.41 Å². The summed E-state index contributed by atoms with van der Waals surface area (Å²) in [5.74, 6) is -0.333. The van der Waals surface area contributed by atoms with Gasteiger partial charge in [0.2, 0.25) is 0 Å². The van der Waals surface area contributed by atoms with E-state index in [-0.39, 0.29) is 10.7 Å². The first-order valence-electron chi connectivity index (χ1n) is 2.68. The average molecular weight is 158 g/mol. The van der Waals surface area contributed by atoms with Crippen molar-refractivity contribution in [3.05, 3.63) is 30.6 Å². The van der Waals surface area contributed by atoms with Crippen LogP contribution in [0.25, 0.3) is 0 Å². The van der Waals surface area contributed by atoms with Gasteiger partial charge in [-0.1, -0.05) is 6.07 Å². The summed E-state index contributed by atoms with van der Waals surface area (Å²) >= 11 is 0. The maximum Gasteiger partial charge on any atom is 0.183 e. The summed E-state index contributed by atoms with van der Waals surface area (Å²) < 4.78 is 0. The number of aromatic nitrogens is 1. The summed E-state index contributed by atoms with van der Waals surface area (Å²) in [4.78, 5) is 3.78. The fraction of sp³-hybridized carbons (Fsp3) is 0. The minimum absolute atomic E-state index is 0. The summed E-state index contributed by atoms with van der Waals surface area (Å²) in [6, 6.07) is 5.72. The Morgan fingerprint density at radius 3 is 1.55 bits per heavy atom. The SMILES string of the molecule is F.N=C(N)N.c1ccncc1. The molecule has 5 N–H and O–H groups in total. The van der Waals surface area contributed by atoms with E-state index in [0.717, 1.165) is 0 Å². The molecule has 0 fully saturated rings. The third kappa shape index (κ3) is 17.8. The van der Waals surface area contributed by atoms with E-state index in [2.05, 4.69) is 16.5 Å².